The first-order valence-corrected chi connectivity index (χ1v) is 11.3. The van der Waals surface area contributed by atoms with Crippen LogP contribution >= 0.6 is 31.9 Å². The molecule has 1 heterocycles. The fourth-order valence-corrected chi connectivity index (χ4v) is 4.84. The number of hydrogen-bond donors (Lipinski definition) is 0. The Morgan fingerprint density at radius 1 is 1.03 bits per heavy atom. The molecule has 156 valence electrons. The summed E-state index contributed by atoms with van der Waals surface area (Å²) in [5.74, 6) is -2.36. The standard InChI is InChI=1S/C21H23Br2NO5/c1-21(2,3)17(25)10-29-20(28)11-6-4-5-7-16(11)24-18(26)12-8-14(22)15(23)9-13(12)19(24)27/h4-7,12-15H,8-10H2,1-3H3. The van der Waals surface area contributed by atoms with E-state index in [0.29, 0.717) is 12.8 Å². The highest BCUT2D eigenvalue weighted by atomic mass is 79.9. The van der Waals surface area contributed by atoms with E-state index in [4.69, 9.17) is 4.74 Å². The van der Waals surface area contributed by atoms with Gasteiger partial charge in [0.05, 0.1) is 23.1 Å². The molecule has 0 bridgehead atoms. The highest BCUT2D eigenvalue weighted by molar-refractivity contribution is 9.12. The molecule has 8 heteroatoms. The third-order valence-electron chi connectivity index (χ3n) is 5.45. The zero-order chi connectivity index (χ0) is 21.5. The second-order valence-electron chi connectivity index (χ2n) is 8.49. The summed E-state index contributed by atoms with van der Waals surface area (Å²) < 4.78 is 5.19. The Labute approximate surface area is 186 Å². The number of alkyl halides is 2. The Bertz CT molecular complexity index is 835. The SMILES string of the molecule is CC(C)(C)C(=O)COC(=O)c1ccccc1N1C(=O)C2CC(Br)C(Br)CC2C1=O. The number of Topliss-reactive ketones (excluding diaryl/α,β-unsaturated/α-hetero) is 1. The monoisotopic (exact) mass is 527 g/mol. The maximum Gasteiger partial charge on any atom is 0.340 e. The summed E-state index contributed by atoms with van der Waals surface area (Å²) in [5, 5.41) is 0. The topological polar surface area (TPSA) is 80.8 Å². The van der Waals surface area contributed by atoms with Crippen LogP contribution in [0.1, 0.15) is 44.0 Å². The highest BCUT2D eigenvalue weighted by Crippen LogP contribution is 2.44. The molecule has 1 saturated carbocycles. The number of esters is 1. The lowest BCUT2D eigenvalue weighted by Crippen LogP contribution is -2.34. The van der Waals surface area contributed by atoms with Crippen LogP contribution in [0.3, 0.4) is 0 Å². The van der Waals surface area contributed by atoms with Gasteiger partial charge in [-0.05, 0) is 25.0 Å². The van der Waals surface area contributed by atoms with Gasteiger partial charge in [0.1, 0.15) is 0 Å². The number of amides is 2. The van der Waals surface area contributed by atoms with Crippen LogP contribution in [0, 0.1) is 17.3 Å². The van der Waals surface area contributed by atoms with Crippen molar-refractivity contribution in [2.75, 3.05) is 11.5 Å². The number of imide groups is 1. The van der Waals surface area contributed by atoms with E-state index in [1.807, 2.05) is 0 Å². The van der Waals surface area contributed by atoms with Gasteiger partial charge in [0.2, 0.25) is 11.8 Å². The summed E-state index contributed by atoms with van der Waals surface area (Å²) in [4.78, 5) is 52.1. The Morgan fingerprint density at radius 2 is 1.55 bits per heavy atom. The molecule has 1 aromatic carbocycles. The smallest absolute Gasteiger partial charge is 0.340 e. The van der Waals surface area contributed by atoms with Gasteiger partial charge in [-0.15, -0.1) is 0 Å². The fourth-order valence-electron chi connectivity index (χ4n) is 3.60. The number of carbonyl (C=O) groups excluding carboxylic acids is 4. The molecule has 2 amide bonds. The van der Waals surface area contributed by atoms with Crippen LogP contribution in [0.15, 0.2) is 24.3 Å². The van der Waals surface area contributed by atoms with Gasteiger partial charge in [0.25, 0.3) is 0 Å². The molecule has 0 radical (unpaired) electrons. The summed E-state index contributed by atoms with van der Waals surface area (Å²) in [6, 6.07) is 6.36. The minimum atomic E-state index is -0.731. The summed E-state index contributed by atoms with van der Waals surface area (Å²) in [7, 11) is 0. The van der Waals surface area contributed by atoms with Crippen molar-refractivity contribution in [3.05, 3.63) is 29.8 Å². The van der Waals surface area contributed by atoms with Crippen molar-refractivity contribution < 1.29 is 23.9 Å². The normalized spacial score (nSPS) is 27.0. The number of benzene rings is 1. The van der Waals surface area contributed by atoms with Gasteiger partial charge in [-0.25, -0.2) is 9.69 Å². The number of rotatable bonds is 4. The molecule has 0 spiro atoms. The number of nitrogens with zero attached hydrogens (tertiary/aromatic N) is 1. The van der Waals surface area contributed by atoms with Gasteiger partial charge in [-0.3, -0.25) is 14.4 Å². The highest BCUT2D eigenvalue weighted by Gasteiger charge is 2.52. The van der Waals surface area contributed by atoms with E-state index in [1.165, 1.54) is 6.07 Å². The van der Waals surface area contributed by atoms with Crippen molar-refractivity contribution in [1.82, 2.24) is 0 Å². The molecule has 2 fully saturated rings. The average Bonchev–Trinajstić information content (AvgIpc) is 2.89. The number of para-hydroxylation sites is 1. The van der Waals surface area contributed by atoms with Gasteiger partial charge in [-0.2, -0.15) is 0 Å². The van der Waals surface area contributed by atoms with Gasteiger partial charge in [-0.1, -0.05) is 64.8 Å². The summed E-state index contributed by atoms with van der Waals surface area (Å²) in [6.45, 7) is 4.87. The third-order valence-corrected chi connectivity index (χ3v) is 8.18. The van der Waals surface area contributed by atoms with Crippen LogP contribution < -0.4 is 4.90 Å². The molecule has 3 rings (SSSR count). The number of anilines is 1. The van der Waals surface area contributed by atoms with Crippen LogP contribution in [0.4, 0.5) is 5.69 Å². The van der Waals surface area contributed by atoms with E-state index in [-0.39, 0.29) is 45.1 Å². The van der Waals surface area contributed by atoms with Gasteiger partial charge < -0.3 is 4.74 Å². The predicted octanol–water partition coefficient (Wildman–Crippen LogP) is 3.89. The largest absolute Gasteiger partial charge is 0.454 e. The lowest BCUT2D eigenvalue weighted by molar-refractivity contribution is -0.129. The number of hydrogen-bond acceptors (Lipinski definition) is 5. The maximum absolute atomic E-state index is 13.0. The van der Waals surface area contributed by atoms with Crippen LogP contribution in [0.2, 0.25) is 0 Å². The second-order valence-corrected chi connectivity index (χ2v) is 10.8. The molecule has 6 nitrogen and oxygen atoms in total. The van der Waals surface area contributed by atoms with E-state index in [9.17, 15) is 19.2 Å². The quantitative estimate of drug-likeness (QED) is 0.336. The number of ether oxygens (including phenoxy) is 1. The van der Waals surface area contributed by atoms with Crippen LogP contribution in [0.25, 0.3) is 0 Å². The summed E-state index contributed by atoms with van der Waals surface area (Å²) in [5.41, 5.74) is -0.322. The van der Waals surface area contributed by atoms with Crippen molar-refractivity contribution in [3.63, 3.8) is 0 Å². The molecule has 1 aliphatic heterocycles. The first-order chi connectivity index (χ1) is 13.5. The number of ketones is 1. The van der Waals surface area contributed by atoms with E-state index in [2.05, 4.69) is 31.9 Å². The second kappa shape index (κ2) is 8.30. The zero-order valence-electron chi connectivity index (χ0n) is 16.5. The van der Waals surface area contributed by atoms with E-state index >= 15 is 0 Å². The molecule has 1 saturated heterocycles. The molecule has 2 aliphatic rings. The Hall–Kier alpha value is -1.54. The Balaban J connectivity index is 1.85. The first-order valence-electron chi connectivity index (χ1n) is 9.47. The predicted molar refractivity (Wildman–Crippen MR) is 115 cm³/mol. The van der Waals surface area contributed by atoms with Crippen LogP contribution in [-0.4, -0.2) is 39.8 Å². The Kier molecular flexibility index (Phi) is 6.34. The molecule has 29 heavy (non-hydrogen) atoms. The van der Waals surface area contributed by atoms with Crippen molar-refractivity contribution >= 4 is 61.1 Å². The van der Waals surface area contributed by atoms with Crippen molar-refractivity contribution in [2.45, 2.75) is 43.3 Å². The minimum absolute atomic E-state index is 0.0975. The van der Waals surface area contributed by atoms with Crippen molar-refractivity contribution in [1.29, 1.82) is 0 Å². The minimum Gasteiger partial charge on any atom is -0.454 e. The lowest BCUT2D eigenvalue weighted by atomic mass is 9.81. The summed E-state index contributed by atoms with van der Waals surface area (Å²) in [6.07, 6.45) is 1.10. The maximum atomic E-state index is 13.0. The fraction of sp³-hybridized carbons (Fsp3) is 0.524. The van der Waals surface area contributed by atoms with Crippen molar-refractivity contribution in [2.24, 2.45) is 17.3 Å². The number of halogens is 2. The van der Waals surface area contributed by atoms with E-state index < -0.39 is 23.2 Å². The molecule has 1 aromatic rings. The lowest BCUT2D eigenvalue weighted by Gasteiger charge is -2.29. The van der Waals surface area contributed by atoms with E-state index in [0.717, 1.165) is 4.90 Å². The van der Waals surface area contributed by atoms with Gasteiger partial charge in [0.15, 0.2) is 12.4 Å². The van der Waals surface area contributed by atoms with Crippen LogP contribution in [0.5, 0.6) is 0 Å². The number of fused-ring (bicyclic) bond motifs is 1. The Morgan fingerprint density at radius 3 is 2.07 bits per heavy atom. The molecule has 0 aromatic heterocycles. The van der Waals surface area contributed by atoms with Crippen LogP contribution in [-0.2, 0) is 19.1 Å². The van der Waals surface area contributed by atoms with Crippen molar-refractivity contribution in [3.8, 4) is 0 Å². The average molecular weight is 529 g/mol. The number of carbonyl (C=O) groups is 4. The molecule has 4 atom stereocenters. The zero-order valence-corrected chi connectivity index (χ0v) is 19.7. The third kappa shape index (κ3) is 4.33. The van der Waals surface area contributed by atoms with Gasteiger partial charge in [0, 0.05) is 15.1 Å². The molecule has 4 unspecified atom stereocenters. The molecular weight excluding hydrogens is 506 g/mol. The molecule has 0 N–H and O–H groups in total. The summed E-state index contributed by atoms with van der Waals surface area (Å²) >= 11 is 7.13. The van der Waals surface area contributed by atoms with E-state index in [1.54, 1.807) is 39.0 Å². The first kappa shape index (κ1) is 22.2. The molecular formula is C21H23Br2NO5. The molecule has 1 aliphatic carbocycles. The van der Waals surface area contributed by atoms with Gasteiger partial charge >= 0.3 is 5.97 Å².